The van der Waals surface area contributed by atoms with Crippen LogP contribution in [0, 0.1) is 0 Å². The minimum atomic E-state index is -1.22. The normalized spacial score (nSPS) is 22.2. The number of benzene rings is 1. The third-order valence-electron chi connectivity index (χ3n) is 5.12. The number of amides is 2. The molecule has 3 heterocycles. The average Bonchev–Trinajstić information content (AvgIpc) is 3.22. The number of carbonyl (C=O) groups is 3. The molecule has 2 amide bonds. The Kier molecular flexibility index (Phi) is 4.22. The Balaban J connectivity index is 1.44. The lowest BCUT2D eigenvalue weighted by Crippen LogP contribution is -2.58. The highest BCUT2D eigenvalue weighted by atomic mass is 16.6. The smallest absolute Gasteiger partial charge is 0.339 e. The van der Waals surface area contributed by atoms with Crippen LogP contribution in [0.5, 0.6) is 0 Å². The number of carbonyl (C=O) groups excluding carboxylic acids is 3. The summed E-state index contributed by atoms with van der Waals surface area (Å²) in [6, 6.07) is 10.5. The van der Waals surface area contributed by atoms with Crippen molar-refractivity contribution in [1.29, 1.82) is 0 Å². The number of fused-ring (bicyclic) bond motifs is 1. The highest BCUT2D eigenvalue weighted by molar-refractivity contribution is 5.97. The Hall–Kier alpha value is -3.09. The standard InChI is InChI=1S/C20H20N2O5/c1-20(13-14-5-2-3-6-15(14)18(24)27-20)19(25)22-10-8-21(9-11-22)17(23)16-7-4-12-26-16/h2-7,12H,8-11,13H2,1H3/t20-/m1/s1. The number of furan rings is 1. The van der Waals surface area contributed by atoms with Gasteiger partial charge < -0.3 is 19.0 Å². The lowest BCUT2D eigenvalue weighted by molar-refractivity contribution is -0.152. The molecule has 0 bridgehead atoms. The van der Waals surface area contributed by atoms with Gasteiger partial charge in [-0.3, -0.25) is 9.59 Å². The topological polar surface area (TPSA) is 80.1 Å². The molecule has 7 nitrogen and oxygen atoms in total. The Labute approximate surface area is 156 Å². The molecule has 0 radical (unpaired) electrons. The molecule has 1 aromatic carbocycles. The summed E-state index contributed by atoms with van der Waals surface area (Å²) >= 11 is 0. The molecule has 1 aromatic heterocycles. The molecular formula is C20H20N2O5. The maximum atomic E-state index is 13.1. The third-order valence-corrected chi connectivity index (χ3v) is 5.12. The largest absolute Gasteiger partial charge is 0.459 e. The first-order chi connectivity index (χ1) is 13.0. The van der Waals surface area contributed by atoms with Crippen molar-refractivity contribution in [2.24, 2.45) is 0 Å². The van der Waals surface area contributed by atoms with E-state index in [1.54, 1.807) is 41.0 Å². The maximum Gasteiger partial charge on any atom is 0.339 e. The van der Waals surface area contributed by atoms with E-state index in [1.165, 1.54) is 6.26 Å². The number of esters is 1. The molecule has 1 atom stereocenters. The van der Waals surface area contributed by atoms with Gasteiger partial charge in [0, 0.05) is 32.6 Å². The molecule has 1 fully saturated rings. The van der Waals surface area contributed by atoms with Crippen LogP contribution < -0.4 is 0 Å². The predicted molar refractivity (Wildman–Crippen MR) is 95.2 cm³/mol. The summed E-state index contributed by atoms with van der Waals surface area (Å²) in [5.74, 6) is -0.592. The fraction of sp³-hybridized carbons (Fsp3) is 0.350. The lowest BCUT2D eigenvalue weighted by atomic mass is 9.88. The molecule has 2 aliphatic heterocycles. The fourth-order valence-corrected chi connectivity index (χ4v) is 3.66. The van der Waals surface area contributed by atoms with Crippen molar-refractivity contribution in [3.63, 3.8) is 0 Å². The summed E-state index contributed by atoms with van der Waals surface area (Å²) in [4.78, 5) is 41.0. The quantitative estimate of drug-likeness (QED) is 0.755. The van der Waals surface area contributed by atoms with Gasteiger partial charge in [-0.1, -0.05) is 18.2 Å². The molecule has 0 spiro atoms. The van der Waals surface area contributed by atoms with Gasteiger partial charge in [-0.2, -0.15) is 0 Å². The van der Waals surface area contributed by atoms with Crippen LogP contribution >= 0.6 is 0 Å². The van der Waals surface area contributed by atoms with Crippen molar-refractivity contribution in [3.8, 4) is 0 Å². The van der Waals surface area contributed by atoms with Crippen molar-refractivity contribution in [1.82, 2.24) is 9.80 Å². The van der Waals surface area contributed by atoms with Gasteiger partial charge in [0.1, 0.15) is 0 Å². The second kappa shape index (κ2) is 6.57. The minimum Gasteiger partial charge on any atom is -0.459 e. The SMILES string of the molecule is C[C@]1(C(=O)N2CCN(C(=O)c3ccco3)CC2)Cc2ccccc2C(=O)O1. The zero-order valence-electron chi connectivity index (χ0n) is 15.0. The van der Waals surface area contributed by atoms with Crippen molar-refractivity contribution in [2.75, 3.05) is 26.2 Å². The monoisotopic (exact) mass is 368 g/mol. The Bertz CT molecular complexity index is 884. The number of nitrogens with zero attached hydrogens (tertiary/aromatic N) is 2. The van der Waals surface area contributed by atoms with Crippen LogP contribution in [-0.4, -0.2) is 59.4 Å². The van der Waals surface area contributed by atoms with Gasteiger partial charge in [0.2, 0.25) is 0 Å². The van der Waals surface area contributed by atoms with Crippen molar-refractivity contribution in [2.45, 2.75) is 18.9 Å². The van der Waals surface area contributed by atoms with Gasteiger partial charge in [0.25, 0.3) is 11.8 Å². The van der Waals surface area contributed by atoms with Crippen LogP contribution in [0.2, 0.25) is 0 Å². The van der Waals surface area contributed by atoms with Crippen LogP contribution in [0.1, 0.15) is 33.4 Å². The van der Waals surface area contributed by atoms with E-state index in [4.69, 9.17) is 9.15 Å². The van der Waals surface area contributed by atoms with Crippen LogP contribution in [0.15, 0.2) is 47.1 Å². The number of rotatable bonds is 2. The summed E-state index contributed by atoms with van der Waals surface area (Å²) in [7, 11) is 0. The molecule has 0 saturated carbocycles. The molecule has 140 valence electrons. The van der Waals surface area contributed by atoms with Gasteiger partial charge in [0.05, 0.1) is 11.8 Å². The molecule has 7 heteroatoms. The number of ether oxygens (including phenoxy) is 1. The van der Waals surface area contributed by atoms with Gasteiger partial charge >= 0.3 is 5.97 Å². The molecule has 4 rings (SSSR count). The predicted octanol–water partition coefficient (Wildman–Crippen LogP) is 1.74. The summed E-state index contributed by atoms with van der Waals surface area (Å²) < 4.78 is 10.7. The van der Waals surface area contributed by atoms with Crippen molar-refractivity contribution < 1.29 is 23.5 Å². The first-order valence-corrected chi connectivity index (χ1v) is 8.91. The third kappa shape index (κ3) is 3.09. The highest BCUT2D eigenvalue weighted by Crippen LogP contribution is 2.30. The van der Waals surface area contributed by atoms with E-state index in [-0.39, 0.29) is 11.8 Å². The number of hydrogen-bond acceptors (Lipinski definition) is 5. The van der Waals surface area contributed by atoms with Crippen LogP contribution in [-0.2, 0) is 16.0 Å². The van der Waals surface area contributed by atoms with E-state index in [0.29, 0.717) is 43.9 Å². The molecule has 27 heavy (non-hydrogen) atoms. The van der Waals surface area contributed by atoms with Gasteiger partial charge in [-0.15, -0.1) is 0 Å². The number of piperazine rings is 1. The van der Waals surface area contributed by atoms with Gasteiger partial charge in [-0.05, 0) is 30.7 Å². The first kappa shape index (κ1) is 17.3. The Morgan fingerprint density at radius 3 is 2.41 bits per heavy atom. The van der Waals surface area contributed by atoms with Gasteiger partial charge in [0.15, 0.2) is 11.4 Å². The maximum absolute atomic E-state index is 13.1. The van der Waals surface area contributed by atoms with Gasteiger partial charge in [-0.25, -0.2) is 4.79 Å². The molecular weight excluding hydrogens is 348 g/mol. The molecule has 0 N–H and O–H groups in total. The summed E-state index contributed by atoms with van der Waals surface area (Å²) in [6.45, 7) is 3.25. The second-order valence-electron chi connectivity index (χ2n) is 7.02. The van der Waals surface area contributed by atoms with E-state index < -0.39 is 11.6 Å². The second-order valence-corrected chi connectivity index (χ2v) is 7.02. The summed E-state index contributed by atoms with van der Waals surface area (Å²) in [5, 5.41) is 0. The molecule has 0 unspecified atom stereocenters. The zero-order chi connectivity index (χ0) is 19.0. The van der Waals surface area contributed by atoms with Crippen LogP contribution in [0.25, 0.3) is 0 Å². The summed E-state index contributed by atoms with van der Waals surface area (Å²) in [5.41, 5.74) is 0.103. The minimum absolute atomic E-state index is 0.184. The zero-order valence-corrected chi connectivity index (χ0v) is 15.0. The fourth-order valence-electron chi connectivity index (χ4n) is 3.66. The first-order valence-electron chi connectivity index (χ1n) is 8.91. The van der Waals surface area contributed by atoms with E-state index in [1.807, 2.05) is 12.1 Å². The Morgan fingerprint density at radius 1 is 1.00 bits per heavy atom. The van der Waals surface area contributed by atoms with E-state index >= 15 is 0 Å². The molecule has 0 aliphatic carbocycles. The highest BCUT2D eigenvalue weighted by Gasteiger charge is 2.45. The molecule has 2 aromatic rings. The number of cyclic esters (lactones) is 1. The van der Waals surface area contributed by atoms with Crippen molar-refractivity contribution >= 4 is 17.8 Å². The van der Waals surface area contributed by atoms with Crippen LogP contribution in [0.4, 0.5) is 0 Å². The van der Waals surface area contributed by atoms with Crippen molar-refractivity contribution in [3.05, 3.63) is 59.5 Å². The van der Waals surface area contributed by atoms with E-state index in [9.17, 15) is 14.4 Å². The molecule has 2 aliphatic rings. The lowest BCUT2D eigenvalue weighted by Gasteiger charge is -2.40. The molecule has 1 saturated heterocycles. The van der Waals surface area contributed by atoms with Crippen LogP contribution in [0.3, 0.4) is 0 Å². The summed E-state index contributed by atoms with van der Waals surface area (Å²) in [6.07, 6.45) is 1.81. The number of hydrogen-bond donors (Lipinski definition) is 0. The average molecular weight is 368 g/mol. The van der Waals surface area contributed by atoms with E-state index in [2.05, 4.69) is 0 Å². The Morgan fingerprint density at radius 2 is 1.70 bits per heavy atom. The van der Waals surface area contributed by atoms with E-state index in [0.717, 1.165) is 5.56 Å².